The lowest BCUT2D eigenvalue weighted by atomic mass is 9.54. The fourth-order valence-corrected chi connectivity index (χ4v) is 23.7. The predicted molar refractivity (Wildman–Crippen MR) is 602 cm³/mol. The second-order valence-electron chi connectivity index (χ2n) is 42.6. The first-order valence-electron chi connectivity index (χ1n) is 50.5. The van der Waals surface area contributed by atoms with E-state index in [2.05, 4.69) is 350 Å². The molecule has 0 fully saturated rings. The zero-order valence-corrected chi connectivity index (χ0v) is 83.5. The predicted octanol–water partition coefficient (Wildman–Crippen LogP) is 35.0. The SMILES string of the molecule is CC1(C)c2cc(-c3nc(-c4ccccc4)nc(-c4ccc5c(c4)oc4ccccc45)n3)ccc2-c2ccc3c(ccc4ccccc43)c2C1(C)C.CC1(C)c2cc(-c3nc(-c4ccccc4)nc(-c4ccccc4)n3)ccc2-c2ccc3c(ccc4ccccc43)c2C1(C)C.CC1(C)c2ccc(-c3nc(-c4ccccc4)nc(-c4cccc5oc6ccccc6c45)n3)cc2-c2ccc3c(ccc4ccccc43)c2C1(C)C. The van der Waals surface area contributed by atoms with Crippen molar-refractivity contribution in [3.8, 4) is 136 Å². The summed E-state index contributed by atoms with van der Waals surface area (Å²) in [5.74, 6) is 5.84. The standard InChI is InChI=1S/2C47H35N3O.C41H33N3/c1-46(2)38-26-22-30(27-37(38)34-25-24-32-31-16-9-8-13-28(31)21-23-33(32)42(34)47(46,3)4)44-48-43(29-14-6-5-7-15-29)49-45(50-44)36-18-12-20-40-41(36)35-17-10-11-19-39(35)51-40;1-46(2)39-26-30(19-21-34(39)38-25-24-33-32-15-9-8-12-28(32)18-23-37(33)42(38)47(46,3)4)44-48-43(29-13-6-5-7-14-29)49-45(50-44)31-20-22-36-35-16-10-11-17-40(35)51-41(36)27-31;1-40(2)35-25-29(39-43-37(27-14-7-5-8-15-27)42-38(44-39)28-16-9-6-10-17-28)20-21-32(35)34-24-23-31-30-18-12-11-13-26(30)19-22-33(31)36(34)41(40,3)4/h2*5-27H,1-4H3;5-25H,1-4H3. The lowest BCUT2D eigenvalue weighted by Crippen LogP contribution is -2.43. The Labute approximate surface area is 847 Å². The summed E-state index contributed by atoms with van der Waals surface area (Å²) >= 11 is 0. The number of fused-ring (bicyclic) bond motifs is 27. The van der Waals surface area contributed by atoms with Gasteiger partial charge < -0.3 is 8.83 Å². The molecule has 0 amide bonds. The van der Waals surface area contributed by atoms with Crippen molar-refractivity contribution in [1.82, 2.24) is 44.9 Å². The number of rotatable bonds is 9. The maximum atomic E-state index is 6.26. The van der Waals surface area contributed by atoms with E-state index in [1.807, 2.05) is 140 Å². The van der Waals surface area contributed by atoms with Crippen LogP contribution in [0, 0.1) is 0 Å². The van der Waals surface area contributed by atoms with Crippen LogP contribution in [0.4, 0.5) is 0 Å². The molecule has 0 bridgehead atoms. The molecule has 20 aromatic carbocycles. The molecule has 11 heteroatoms. The van der Waals surface area contributed by atoms with E-state index in [0.29, 0.717) is 52.4 Å². The number of nitrogens with zero attached hydrogens (tertiary/aromatic N) is 9. The molecule has 146 heavy (non-hydrogen) atoms. The third kappa shape index (κ3) is 14.1. The van der Waals surface area contributed by atoms with E-state index in [0.717, 1.165) is 93.9 Å². The van der Waals surface area contributed by atoms with Crippen molar-refractivity contribution in [3.63, 3.8) is 0 Å². The Morgan fingerprint density at radius 3 is 0.849 bits per heavy atom. The molecule has 11 nitrogen and oxygen atoms in total. The summed E-state index contributed by atoms with van der Waals surface area (Å²) in [6, 6.07) is 143. The van der Waals surface area contributed by atoms with Gasteiger partial charge in [0.05, 0.1) is 0 Å². The molecule has 700 valence electrons. The van der Waals surface area contributed by atoms with Gasteiger partial charge in [-0.3, -0.25) is 0 Å². The molecule has 0 aliphatic heterocycles. The van der Waals surface area contributed by atoms with Gasteiger partial charge in [0.1, 0.15) is 22.3 Å². The molecule has 0 spiro atoms. The number of para-hydroxylation sites is 2. The Kier molecular flexibility index (Phi) is 20.4. The zero-order valence-electron chi connectivity index (χ0n) is 83.5. The van der Waals surface area contributed by atoms with Crippen LogP contribution in [-0.2, 0) is 32.5 Å². The number of benzene rings is 20. The molecule has 25 aromatic rings. The molecule has 28 rings (SSSR count). The van der Waals surface area contributed by atoms with Gasteiger partial charge in [0.15, 0.2) is 52.4 Å². The lowest BCUT2D eigenvalue weighted by Gasteiger charge is -2.49. The van der Waals surface area contributed by atoms with Gasteiger partial charge in [-0.1, -0.05) is 441 Å². The van der Waals surface area contributed by atoms with E-state index in [9.17, 15) is 0 Å². The number of aromatic nitrogens is 9. The maximum absolute atomic E-state index is 6.26. The van der Waals surface area contributed by atoms with E-state index in [4.69, 9.17) is 53.7 Å². The van der Waals surface area contributed by atoms with Gasteiger partial charge in [0.2, 0.25) is 0 Å². The minimum Gasteiger partial charge on any atom is -0.456 e. The minimum atomic E-state index is -0.199. The van der Waals surface area contributed by atoms with Gasteiger partial charge in [0, 0.05) is 87.9 Å². The summed E-state index contributed by atoms with van der Waals surface area (Å²) in [7, 11) is 0. The molecule has 0 radical (unpaired) electrons. The molecule has 0 atom stereocenters. The van der Waals surface area contributed by atoms with Gasteiger partial charge in [-0.2, -0.15) is 0 Å². The summed E-state index contributed by atoms with van der Waals surface area (Å²) in [4.78, 5) is 45.7. The van der Waals surface area contributed by atoms with E-state index in [1.165, 1.54) is 131 Å². The Balaban J connectivity index is 0.000000112. The topological polar surface area (TPSA) is 142 Å². The van der Waals surface area contributed by atoms with Crippen LogP contribution in [0.3, 0.4) is 0 Å². The first-order valence-corrected chi connectivity index (χ1v) is 50.5. The molecule has 3 aliphatic rings. The highest BCUT2D eigenvalue weighted by atomic mass is 16.3. The fourth-order valence-electron chi connectivity index (χ4n) is 23.7. The van der Waals surface area contributed by atoms with Gasteiger partial charge in [-0.15, -0.1) is 0 Å². The van der Waals surface area contributed by atoms with Crippen LogP contribution in [-0.4, -0.2) is 44.9 Å². The first-order chi connectivity index (χ1) is 70.9. The van der Waals surface area contributed by atoms with Crippen LogP contribution in [0.5, 0.6) is 0 Å². The smallest absolute Gasteiger partial charge is 0.164 e. The molecular weight excluding hydrogens is 1780 g/mol. The Bertz CT molecular complexity index is 9640. The van der Waals surface area contributed by atoms with Crippen molar-refractivity contribution < 1.29 is 8.83 Å². The zero-order chi connectivity index (χ0) is 99.0. The lowest BCUT2D eigenvalue weighted by molar-refractivity contribution is 0.301. The van der Waals surface area contributed by atoms with Crippen LogP contribution >= 0.6 is 0 Å². The van der Waals surface area contributed by atoms with Crippen LogP contribution in [0.1, 0.15) is 116 Å². The van der Waals surface area contributed by atoms with E-state index in [-0.39, 0.29) is 32.5 Å². The molecule has 0 saturated heterocycles. The Hall–Kier alpha value is -17.4. The van der Waals surface area contributed by atoms with Crippen molar-refractivity contribution in [2.24, 2.45) is 0 Å². The average molecular weight is 1880 g/mol. The minimum absolute atomic E-state index is 0.133. The molecule has 5 aromatic heterocycles. The third-order valence-electron chi connectivity index (χ3n) is 33.4. The van der Waals surface area contributed by atoms with Crippen LogP contribution in [0.25, 0.3) is 244 Å². The van der Waals surface area contributed by atoms with Crippen LogP contribution < -0.4 is 0 Å². The number of hydrogen-bond donors (Lipinski definition) is 0. The van der Waals surface area contributed by atoms with E-state index in [1.54, 1.807) is 0 Å². The second-order valence-corrected chi connectivity index (χ2v) is 42.6. The molecule has 0 N–H and O–H groups in total. The molecule has 0 unspecified atom stereocenters. The van der Waals surface area contributed by atoms with Gasteiger partial charge >= 0.3 is 0 Å². The van der Waals surface area contributed by atoms with Crippen molar-refractivity contribution in [1.29, 1.82) is 0 Å². The Morgan fingerprint density at radius 1 is 0.151 bits per heavy atom. The maximum Gasteiger partial charge on any atom is 0.164 e. The Morgan fingerprint density at radius 2 is 0.432 bits per heavy atom. The van der Waals surface area contributed by atoms with Crippen molar-refractivity contribution >= 4 is 109 Å². The average Bonchev–Trinajstić information content (AvgIpc) is 1.45. The van der Waals surface area contributed by atoms with Crippen LogP contribution in [0.2, 0.25) is 0 Å². The summed E-state index contributed by atoms with van der Waals surface area (Å²) in [5.41, 5.74) is 26.8. The highest BCUT2D eigenvalue weighted by Gasteiger charge is 2.50. The molecule has 5 heterocycles. The molecule has 0 saturated carbocycles. The highest BCUT2D eigenvalue weighted by Crippen LogP contribution is 2.61. The summed E-state index contributed by atoms with van der Waals surface area (Å²) in [5, 5.41) is 19.8. The normalized spacial score (nSPS) is 14.6. The third-order valence-corrected chi connectivity index (χ3v) is 33.4. The van der Waals surface area contributed by atoms with E-state index >= 15 is 0 Å². The van der Waals surface area contributed by atoms with Crippen molar-refractivity contribution in [3.05, 3.63) is 440 Å². The van der Waals surface area contributed by atoms with Crippen molar-refractivity contribution in [2.45, 2.75) is 116 Å². The summed E-state index contributed by atoms with van der Waals surface area (Å²) in [6.45, 7) is 28.7. The van der Waals surface area contributed by atoms with E-state index < -0.39 is 0 Å². The largest absolute Gasteiger partial charge is 0.456 e. The first kappa shape index (κ1) is 88.7. The van der Waals surface area contributed by atoms with Crippen molar-refractivity contribution in [2.75, 3.05) is 0 Å². The second kappa shape index (κ2) is 33.6. The molecular formula is C135H103N9O2. The number of furan rings is 2. The van der Waals surface area contributed by atoms with Gasteiger partial charge in [0.25, 0.3) is 0 Å². The molecule has 3 aliphatic carbocycles. The fraction of sp³-hybridized carbons (Fsp3) is 0.133. The summed E-state index contributed by atoms with van der Waals surface area (Å²) in [6.07, 6.45) is 0. The van der Waals surface area contributed by atoms with Gasteiger partial charge in [-0.25, -0.2) is 44.9 Å². The number of hydrogen-bond acceptors (Lipinski definition) is 11. The van der Waals surface area contributed by atoms with Gasteiger partial charge in [-0.05, 0) is 196 Å². The van der Waals surface area contributed by atoms with Crippen LogP contribution in [0.15, 0.2) is 415 Å². The summed E-state index contributed by atoms with van der Waals surface area (Å²) < 4.78 is 12.5. The quantitative estimate of drug-likeness (QED) is 0.127. The highest BCUT2D eigenvalue weighted by molar-refractivity contribution is 6.16. The monoisotopic (exact) mass is 1880 g/mol.